The van der Waals surface area contributed by atoms with E-state index >= 15 is 0 Å². The molecular formula is C11H21N3O. The summed E-state index contributed by atoms with van der Waals surface area (Å²) >= 11 is 0. The summed E-state index contributed by atoms with van der Waals surface area (Å²) in [5.41, 5.74) is 0.763. The van der Waals surface area contributed by atoms with Crippen LogP contribution in [0.5, 0.6) is 0 Å². The van der Waals surface area contributed by atoms with Crippen LogP contribution in [-0.4, -0.2) is 23.1 Å². The highest BCUT2D eigenvalue weighted by Crippen LogP contribution is 2.21. The van der Waals surface area contributed by atoms with Crippen molar-refractivity contribution in [3.63, 3.8) is 0 Å². The van der Waals surface area contributed by atoms with Crippen LogP contribution in [0.3, 0.4) is 0 Å². The topological polar surface area (TPSA) is 49.9 Å². The van der Waals surface area contributed by atoms with Crippen LogP contribution < -0.4 is 5.32 Å². The first-order valence-electron chi connectivity index (χ1n) is 5.49. The van der Waals surface area contributed by atoms with E-state index in [2.05, 4.69) is 22.2 Å². The zero-order valence-corrected chi connectivity index (χ0v) is 10.1. The van der Waals surface area contributed by atoms with Crippen LogP contribution in [0.4, 0.5) is 0 Å². The van der Waals surface area contributed by atoms with Crippen molar-refractivity contribution >= 4 is 0 Å². The first-order chi connectivity index (χ1) is 7.10. The summed E-state index contributed by atoms with van der Waals surface area (Å²) in [4.78, 5) is 7.61. The number of rotatable bonds is 6. The molecule has 0 fully saturated rings. The van der Waals surface area contributed by atoms with E-state index in [1.54, 1.807) is 0 Å². The van der Waals surface area contributed by atoms with E-state index < -0.39 is 0 Å². The third-order valence-electron chi connectivity index (χ3n) is 2.27. The van der Waals surface area contributed by atoms with Gasteiger partial charge in [-0.15, -0.1) is 0 Å². The van der Waals surface area contributed by atoms with Gasteiger partial charge in [-0.1, -0.05) is 6.92 Å². The molecule has 2 N–H and O–H groups in total. The second-order valence-electron chi connectivity index (χ2n) is 3.98. The largest absolute Gasteiger partial charge is 0.368 e. The molecule has 1 rings (SSSR count). The molecule has 15 heavy (non-hydrogen) atoms. The van der Waals surface area contributed by atoms with Crippen molar-refractivity contribution < 1.29 is 4.74 Å². The van der Waals surface area contributed by atoms with Crippen molar-refractivity contribution in [1.82, 2.24) is 15.3 Å². The highest BCUT2D eigenvalue weighted by molar-refractivity contribution is 5.06. The molecule has 1 aromatic heterocycles. The smallest absolute Gasteiger partial charge is 0.138 e. The molecule has 0 amide bonds. The Kier molecular flexibility index (Phi) is 4.29. The number of aromatic nitrogens is 2. The van der Waals surface area contributed by atoms with Gasteiger partial charge in [0, 0.05) is 25.0 Å². The van der Waals surface area contributed by atoms with E-state index in [0.717, 1.165) is 24.6 Å². The summed E-state index contributed by atoms with van der Waals surface area (Å²) in [5.74, 6) is 0.886. The van der Waals surface area contributed by atoms with Gasteiger partial charge in [-0.3, -0.25) is 0 Å². The van der Waals surface area contributed by atoms with Gasteiger partial charge in [0.2, 0.25) is 0 Å². The minimum absolute atomic E-state index is 0.334. The van der Waals surface area contributed by atoms with Crippen molar-refractivity contribution in [2.75, 3.05) is 13.2 Å². The van der Waals surface area contributed by atoms with E-state index in [0.29, 0.717) is 6.61 Å². The number of imidazole rings is 1. The minimum atomic E-state index is -0.334. The summed E-state index contributed by atoms with van der Waals surface area (Å²) in [7, 11) is 0. The lowest BCUT2D eigenvalue weighted by Gasteiger charge is -2.21. The molecule has 0 aliphatic carbocycles. The number of nitrogens with one attached hydrogen (secondary N) is 2. The van der Waals surface area contributed by atoms with Crippen LogP contribution >= 0.6 is 0 Å². The van der Waals surface area contributed by atoms with Crippen molar-refractivity contribution in [2.24, 2.45) is 0 Å². The Hall–Kier alpha value is -0.870. The molecule has 0 aromatic carbocycles. The lowest BCUT2D eigenvalue weighted by Crippen LogP contribution is -2.23. The number of hydrogen-bond acceptors (Lipinski definition) is 3. The predicted octanol–water partition coefficient (Wildman–Crippen LogP) is 1.79. The maximum Gasteiger partial charge on any atom is 0.138 e. The number of ether oxygens (including phenoxy) is 1. The van der Waals surface area contributed by atoms with E-state index in [9.17, 15) is 0 Å². The van der Waals surface area contributed by atoms with Gasteiger partial charge in [0.05, 0.1) is 0 Å². The lowest BCUT2D eigenvalue weighted by atomic mass is 10.1. The van der Waals surface area contributed by atoms with Gasteiger partial charge in [-0.25, -0.2) is 4.98 Å². The molecule has 0 spiro atoms. The Morgan fingerprint density at radius 1 is 1.47 bits per heavy atom. The fraction of sp³-hybridized carbons (Fsp3) is 0.727. The standard InChI is InChI=1S/C11H21N3O/c1-5-12-7-9-8-13-10(14-9)11(3,4)15-6-2/h8,12H,5-7H2,1-4H3,(H,13,14). The molecule has 0 atom stereocenters. The Morgan fingerprint density at radius 2 is 2.20 bits per heavy atom. The minimum Gasteiger partial charge on any atom is -0.368 e. The van der Waals surface area contributed by atoms with Crippen LogP contribution in [0, 0.1) is 0 Å². The SMILES string of the molecule is CCNCc1cnc(C(C)(C)OCC)[nH]1. The van der Waals surface area contributed by atoms with Crippen LogP contribution in [0.25, 0.3) is 0 Å². The molecule has 0 aliphatic rings. The van der Waals surface area contributed by atoms with E-state index in [-0.39, 0.29) is 5.60 Å². The van der Waals surface area contributed by atoms with Gasteiger partial charge in [-0.2, -0.15) is 0 Å². The normalized spacial score (nSPS) is 12.0. The van der Waals surface area contributed by atoms with Crippen LogP contribution in [-0.2, 0) is 16.9 Å². The molecule has 86 valence electrons. The Labute approximate surface area is 91.4 Å². The highest BCUT2D eigenvalue weighted by Gasteiger charge is 2.23. The van der Waals surface area contributed by atoms with Crippen molar-refractivity contribution in [2.45, 2.75) is 39.8 Å². The average Bonchev–Trinajstić information content (AvgIpc) is 2.63. The van der Waals surface area contributed by atoms with Crippen LogP contribution in [0.2, 0.25) is 0 Å². The molecule has 0 unspecified atom stereocenters. The van der Waals surface area contributed by atoms with Crippen LogP contribution in [0.1, 0.15) is 39.2 Å². The molecule has 0 aliphatic heterocycles. The zero-order valence-electron chi connectivity index (χ0n) is 10.1. The summed E-state index contributed by atoms with van der Waals surface area (Å²) in [6.45, 7) is 10.6. The van der Waals surface area contributed by atoms with Gasteiger partial charge in [0.15, 0.2) is 0 Å². The first-order valence-corrected chi connectivity index (χ1v) is 5.49. The average molecular weight is 211 g/mol. The number of nitrogens with zero attached hydrogens (tertiary/aromatic N) is 1. The van der Waals surface area contributed by atoms with Gasteiger partial charge in [0.1, 0.15) is 11.4 Å². The molecule has 4 nitrogen and oxygen atoms in total. The van der Waals surface area contributed by atoms with E-state index in [4.69, 9.17) is 4.74 Å². The fourth-order valence-corrected chi connectivity index (χ4v) is 1.44. The Morgan fingerprint density at radius 3 is 2.80 bits per heavy atom. The van der Waals surface area contributed by atoms with Gasteiger partial charge >= 0.3 is 0 Å². The Bertz CT molecular complexity index is 294. The number of aromatic amines is 1. The fourth-order valence-electron chi connectivity index (χ4n) is 1.44. The molecule has 0 saturated carbocycles. The summed E-state index contributed by atoms with van der Waals surface area (Å²) < 4.78 is 5.62. The first kappa shape index (κ1) is 12.2. The van der Waals surface area contributed by atoms with Crippen molar-refractivity contribution in [3.8, 4) is 0 Å². The maximum atomic E-state index is 5.62. The second kappa shape index (κ2) is 5.28. The molecule has 1 heterocycles. The molecule has 0 bridgehead atoms. The molecular weight excluding hydrogens is 190 g/mol. The van der Waals surface area contributed by atoms with Gasteiger partial charge in [-0.05, 0) is 27.3 Å². The summed E-state index contributed by atoms with van der Waals surface area (Å²) in [5, 5.41) is 3.25. The van der Waals surface area contributed by atoms with Crippen molar-refractivity contribution in [1.29, 1.82) is 0 Å². The third kappa shape index (κ3) is 3.32. The summed E-state index contributed by atoms with van der Waals surface area (Å²) in [6.07, 6.45) is 1.86. The predicted molar refractivity (Wildman–Crippen MR) is 60.6 cm³/mol. The van der Waals surface area contributed by atoms with E-state index in [1.807, 2.05) is 27.0 Å². The lowest BCUT2D eigenvalue weighted by molar-refractivity contribution is -0.0202. The number of H-pyrrole nitrogens is 1. The Balaban J connectivity index is 2.66. The number of hydrogen-bond donors (Lipinski definition) is 2. The summed E-state index contributed by atoms with van der Waals surface area (Å²) in [6, 6.07) is 0. The zero-order chi connectivity index (χ0) is 11.3. The van der Waals surface area contributed by atoms with Gasteiger partial charge < -0.3 is 15.0 Å². The maximum absolute atomic E-state index is 5.62. The second-order valence-corrected chi connectivity index (χ2v) is 3.98. The molecule has 0 radical (unpaired) electrons. The highest BCUT2D eigenvalue weighted by atomic mass is 16.5. The third-order valence-corrected chi connectivity index (χ3v) is 2.27. The molecule has 4 heteroatoms. The van der Waals surface area contributed by atoms with Gasteiger partial charge in [0.25, 0.3) is 0 Å². The van der Waals surface area contributed by atoms with Crippen molar-refractivity contribution in [3.05, 3.63) is 17.7 Å². The van der Waals surface area contributed by atoms with E-state index in [1.165, 1.54) is 0 Å². The quantitative estimate of drug-likeness (QED) is 0.754. The monoisotopic (exact) mass is 211 g/mol. The van der Waals surface area contributed by atoms with Crippen LogP contribution in [0.15, 0.2) is 6.20 Å². The molecule has 1 aromatic rings. The molecule has 0 saturated heterocycles.